The van der Waals surface area contributed by atoms with Gasteiger partial charge in [0, 0.05) is 19.1 Å². The van der Waals surface area contributed by atoms with Crippen LogP contribution in [0.3, 0.4) is 0 Å². The second kappa shape index (κ2) is 8.09. The van der Waals surface area contributed by atoms with E-state index in [1.807, 2.05) is 36.1 Å². The van der Waals surface area contributed by atoms with Gasteiger partial charge in [-0.3, -0.25) is 10.1 Å². The zero-order valence-electron chi connectivity index (χ0n) is 14.1. The number of ether oxygens (including phenoxy) is 1. The zero-order chi connectivity index (χ0) is 16.8. The molecule has 2 unspecified atom stereocenters. The summed E-state index contributed by atoms with van der Waals surface area (Å²) >= 11 is 0. The van der Waals surface area contributed by atoms with Gasteiger partial charge in [0.05, 0.1) is 30.9 Å². The standard InChI is InChI=1S/C18H25N3O2/c1-13(2)17(18(22)21-8-10-23-11-9-21)20-14(3)16-6-4-15(12-19)5-7-16/h4-7,13-14,17,20H,8-11H2,1-3H3. The predicted octanol–water partition coefficient (Wildman–Crippen LogP) is 2.09. The molecule has 0 aromatic heterocycles. The van der Waals surface area contributed by atoms with E-state index >= 15 is 0 Å². The van der Waals surface area contributed by atoms with Crippen molar-refractivity contribution >= 4 is 5.91 Å². The third-order valence-corrected chi connectivity index (χ3v) is 4.22. The van der Waals surface area contributed by atoms with Crippen LogP contribution < -0.4 is 5.32 Å². The lowest BCUT2D eigenvalue weighted by molar-refractivity contribution is -0.138. The molecule has 1 amide bonds. The number of benzene rings is 1. The summed E-state index contributed by atoms with van der Waals surface area (Å²) in [4.78, 5) is 14.7. The average molecular weight is 315 g/mol. The van der Waals surface area contributed by atoms with Gasteiger partial charge in [-0.25, -0.2) is 0 Å². The molecule has 0 radical (unpaired) electrons. The maximum atomic E-state index is 12.8. The highest BCUT2D eigenvalue weighted by molar-refractivity contribution is 5.82. The second-order valence-corrected chi connectivity index (χ2v) is 6.28. The van der Waals surface area contributed by atoms with Crippen molar-refractivity contribution in [2.75, 3.05) is 26.3 Å². The van der Waals surface area contributed by atoms with Crippen LogP contribution >= 0.6 is 0 Å². The van der Waals surface area contributed by atoms with E-state index in [0.717, 1.165) is 5.56 Å². The van der Waals surface area contributed by atoms with Crippen LogP contribution in [0.15, 0.2) is 24.3 Å². The number of carbonyl (C=O) groups excluding carboxylic acids is 1. The van der Waals surface area contributed by atoms with Crippen molar-refractivity contribution in [3.05, 3.63) is 35.4 Å². The van der Waals surface area contributed by atoms with Crippen LogP contribution in [0, 0.1) is 17.2 Å². The van der Waals surface area contributed by atoms with E-state index in [1.54, 1.807) is 0 Å². The highest BCUT2D eigenvalue weighted by Gasteiger charge is 2.29. The topological polar surface area (TPSA) is 65.4 Å². The number of morpholine rings is 1. The van der Waals surface area contributed by atoms with E-state index in [1.165, 1.54) is 0 Å². The molecule has 1 heterocycles. The largest absolute Gasteiger partial charge is 0.378 e. The first-order valence-electron chi connectivity index (χ1n) is 8.15. The summed E-state index contributed by atoms with van der Waals surface area (Å²) < 4.78 is 5.32. The summed E-state index contributed by atoms with van der Waals surface area (Å²) in [5.41, 5.74) is 1.72. The molecule has 1 aliphatic heterocycles. The van der Waals surface area contributed by atoms with E-state index in [4.69, 9.17) is 10.00 Å². The number of nitriles is 1. The molecule has 2 atom stereocenters. The monoisotopic (exact) mass is 315 g/mol. The van der Waals surface area contributed by atoms with Gasteiger partial charge in [0.1, 0.15) is 0 Å². The Bertz CT molecular complexity index is 557. The molecule has 0 saturated carbocycles. The van der Waals surface area contributed by atoms with E-state index < -0.39 is 0 Å². The quantitative estimate of drug-likeness (QED) is 0.903. The van der Waals surface area contributed by atoms with Crippen LogP contribution in [-0.4, -0.2) is 43.2 Å². The van der Waals surface area contributed by atoms with Gasteiger partial charge in [0.25, 0.3) is 0 Å². The van der Waals surface area contributed by atoms with Gasteiger partial charge in [0.2, 0.25) is 5.91 Å². The minimum Gasteiger partial charge on any atom is -0.378 e. The lowest BCUT2D eigenvalue weighted by atomic mass is 9.99. The molecule has 1 aromatic rings. The fraction of sp³-hybridized carbons (Fsp3) is 0.556. The average Bonchev–Trinajstić information content (AvgIpc) is 2.59. The Balaban J connectivity index is 2.05. The van der Waals surface area contributed by atoms with Gasteiger partial charge in [-0.15, -0.1) is 0 Å². The Labute approximate surface area is 138 Å². The van der Waals surface area contributed by atoms with Crippen LogP contribution in [0.1, 0.15) is 37.9 Å². The molecule has 1 saturated heterocycles. The Kier molecular flexibility index (Phi) is 6.14. The fourth-order valence-corrected chi connectivity index (χ4v) is 2.74. The fourth-order valence-electron chi connectivity index (χ4n) is 2.74. The summed E-state index contributed by atoms with van der Waals surface area (Å²) in [6, 6.07) is 9.43. The third-order valence-electron chi connectivity index (χ3n) is 4.22. The number of hydrogen-bond acceptors (Lipinski definition) is 4. The molecule has 5 heteroatoms. The van der Waals surface area contributed by atoms with Crippen LogP contribution in [-0.2, 0) is 9.53 Å². The lowest BCUT2D eigenvalue weighted by Crippen LogP contribution is -2.52. The first-order valence-corrected chi connectivity index (χ1v) is 8.15. The van der Waals surface area contributed by atoms with E-state index in [2.05, 4.69) is 25.2 Å². The summed E-state index contributed by atoms with van der Waals surface area (Å²) in [5, 5.41) is 12.3. The smallest absolute Gasteiger partial charge is 0.240 e. The Morgan fingerprint density at radius 1 is 1.22 bits per heavy atom. The first kappa shape index (κ1) is 17.5. The summed E-state index contributed by atoms with van der Waals surface area (Å²) in [7, 11) is 0. The van der Waals surface area contributed by atoms with Crippen molar-refractivity contribution in [3.8, 4) is 6.07 Å². The van der Waals surface area contributed by atoms with Gasteiger partial charge < -0.3 is 9.64 Å². The highest BCUT2D eigenvalue weighted by atomic mass is 16.5. The SMILES string of the molecule is CC(NC(C(=O)N1CCOCC1)C(C)C)c1ccc(C#N)cc1. The molecule has 5 nitrogen and oxygen atoms in total. The summed E-state index contributed by atoms with van der Waals surface area (Å²) in [6.07, 6.45) is 0. The van der Waals surface area contributed by atoms with Gasteiger partial charge in [0.15, 0.2) is 0 Å². The third kappa shape index (κ3) is 4.54. The van der Waals surface area contributed by atoms with Crippen LogP contribution in [0.4, 0.5) is 0 Å². The van der Waals surface area contributed by atoms with Gasteiger partial charge >= 0.3 is 0 Å². The Hall–Kier alpha value is -1.90. The molecule has 2 rings (SSSR count). The van der Waals surface area contributed by atoms with Gasteiger partial charge in [-0.1, -0.05) is 26.0 Å². The number of carbonyl (C=O) groups is 1. The van der Waals surface area contributed by atoms with Crippen molar-refractivity contribution < 1.29 is 9.53 Å². The molecular formula is C18H25N3O2. The van der Waals surface area contributed by atoms with Crippen LogP contribution in [0.25, 0.3) is 0 Å². The molecule has 1 fully saturated rings. The van der Waals surface area contributed by atoms with Crippen molar-refractivity contribution in [2.45, 2.75) is 32.9 Å². The number of amides is 1. The zero-order valence-corrected chi connectivity index (χ0v) is 14.1. The minimum absolute atomic E-state index is 0.0418. The van der Waals surface area contributed by atoms with E-state index in [9.17, 15) is 4.79 Å². The maximum Gasteiger partial charge on any atom is 0.240 e. The number of nitrogens with zero attached hydrogens (tertiary/aromatic N) is 2. The molecule has 0 spiro atoms. The highest BCUT2D eigenvalue weighted by Crippen LogP contribution is 2.17. The Morgan fingerprint density at radius 2 is 1.83 bits per heavy atom. The van der Waals surface area contributed by atoms with Gasteiger partial charge in [-0.05, 0) is 30.5 Å². The summed E-state index contributed by atoms with van der Waals surface area (Å²) in [5.74, 6) is 0.343. The van der Waals surface area contributed by atoms with Crippen molar-refractivity contribution in [2.24, 2.45) is 5.92 Å². The van der Waals surface area contributed by atoms with Crippen LogP contribution in [0.2, 0.25) is 0 Å². The van der Waals surface area contributed by atoms with Crippen molar-refractivity contribution in [3.63, 3.8) is 0 Å². The van der Waals surface area contributed by atoms with Gasteiger partial charge in [-0.2, -0.15) is 5.26 Å². The van der Waals surface area contributed by atoms with Crippen LogP contribution in [0.5, 0.6) is 0 Å². The second-order valence-electron chi connectivity index (χ2n) is 6.28. The van der Waals surface area contributed by atoms with Crippen molar-refractivity contribution in [1.82, 2.24) is 10.2 Å². The molecule has 0 aliphatic carbocycles. The number of nitrogens with one attached hydrogen (secondary N) is 1. The Morgan fingerprint density at radius 3 is 2.35 bits per heavy atom. The molecular weight excluding hydrogens is 290 g/mol. The van der Waals surface area contributed by atoms with E-state index in [0.29, 0.717) is 31.9 Å². The maximum absolute atomic E-state index is 12.8. The predicted molar refractivity (Wildman–Crippen MR) is 88.7 cm³/mol. The molecule has 0 bridgehead atoms. The number of rotatable bonds is 5. The lowest BCUT2D eigenvalue weighted by Gasteiger charge is -2.33. The normalized spacial score (nSPS) is 17.6. The van der Waals surface area contributed by atoms with E-state index in [-0.39, 0.29) is 23.9 Å². The minimum atomic E-state index is -0.223. The molecule has 1 aliphatic rings. The molecule has 1 aromatic carbocycles. The molecule has 1 N–H and O–H groups in total. The first-order chi connectivity index (χ1) is 11.0. The molecule has 23 heavy (non-hydrogen) atoms. The number of hydrogen-bond donors (Lipinski definition) is 1. The van der Waals surface area contributed by atoms with Crippen molar-refractivity contribution in [1.29, 1.82) is 5.26 Å². The molecule has 124 valence electrons. The summed E-state index contributed by atoms with van der Waals surface area (Å²) in [6.45, 7) is 8.71.